The van der Waals surface area contributed by atoms with Crippen LogP contribution in [0.3, 0.4) is 0 Å². The molecule has 0 saturated carbocycles. The van der Waals surface area contributed by atoms with Crippen LogP contribution in [-0.2, 0) is 4.74 Å². The van der Waals surface area contributed by atoms with Gasteiger partial charge in [-0.2, -0.15) is 0 Å². The fourth-order valence-corrected chi connectivity index (χ4v) is 4.93. The van der Waals surface area contributed by atoms with E-state index in [0.717, 1.165) is 0 Å². The van der Waals surface area contributed by atoms with Gasteiger partial charge in [-0.25, -0.2) is 4.79 Å². The summed E-state index contributed by atoms with van der Waals surface area (Å²) in [7, 11) is 0. The normalized spacial score (nSPS) is 35.7. The van der Waals surface area contributed by atoms with Crippen LogP contribution in [0.25, 0.3) is 0 Å². The topological polar surface area (TPSA) is 72.8 Å². The number of fused-ring (bicyclic) bond motifs is 4. The van der Waals surface area contributed by atoms with Crippen molar-refractivity contribution in [1.82, 2.24) is 4.90 Å². The molecule has 2 aromatic carbocycles. The molecule has 4 aliphatic heterocycles. The zero-order chi connectivity index (χ0) is 24.4. The molecule has 4 aliphatic rings. The molecule has 2 aromatic rings. The number of hydrogen-bond acceptors (Lipinski definition) is 4. The lowest BCUT2D eigenvalue weighted by Crippen LogP contribution is -2.61. The molecule has 6 rings (SSSR count). The molecule has 0 spiro atoms. The van der Waals surface area contributed by atoms with Crippen LogP contribution in [0.15, 0.2) is 54.5 Å². The van der Waals surface area contributed by atoms with E-state index in [1.807, 2.05) is 0 Å². The summed E-state index contributed by atoms with van der Waals surface area (Å²) >= 11 is 0. The summed E-state index contributed by atoms with van der Waals surface area (Å²) in [4.78, 5) is 14.7. The van der Waals surface area contributed by atoms with E-state index < -0.39 is 54.6 Å². The summed E-state index contributed by atoms with van der Waals surface area (Å²) in [5, 5.41) is 23.6. The third-order valence-electron chi connectivity index (χ3n) is 6.46. The lowest BCUT2D eigenvalue weighted by molar-refractivity contribution is -0.900. The number of carbonyl (C=O) groups is 1. The highest BCUT2D eigenvalue weighted by Gasteiger charge is 2.45. The van der Waals surface area contributed by atoms with Crippen molar-refractivity contribution < 1.29 is 26.1 Å². The molecule has 0 radical (unpaired) electrons. The number of quaternary nitrogens is 1. The highest BCUT2D eigenvalue weighted by molar-refractivity contribution is 5.70. The van der Waals surface area contributed by atoms with Crippen molar-refractivity contribution in [2.24, 2.45) is 5.92 Å². The Balaban J connectivity index is 1.58. The molecule has 3 atom stereocenters. The summed E-state index contributed by atoms with van der Waals surface area (Å²) in [6, 6.07) is 3.44. The van der Waals surface area contributed by atoms with Gasteiger partial charge < -0.3 is 19.7 Å². The van der Waals surface area contributed by atoms with Gasteiger partial charge >= 0.3 is 6.09 Å². The molecular formula is C23H26N2O4. The first-order valence-electron chi connectivity index (χ1n) is 12.5. The van der Waals surface area contributed by atoms with Gasteiger partial charge in [0.25, 0.3) is 0 Å². The molecule has 4 heterocycles. The average Bonchev–Trinajstić information content (AvgIpc) is 2.83. The number of carbonyl (C=O) groups excluding carboxylic acids is 1. The number of hydroxylamine groups is 3. The SMILES string of the molecule is [2H]c1c([2H])c([2H])c([C@H]2c3ccccc3[C@@H](O)CN2C(=O)O[C@H]2C[N+]3([O-])CCC2CC3)c([2H])c1[2H]. The van der Waals surface area contributed by atoms with E-state index in [9.17, 15) is 15.1 Å². The van der Waals surface area contributed by atoms with Crippen molar-refractivity contribution in [3.8, 4) is 0 Å². The Morgan fingerprint density at radius 3 is 2.55 bits per heavy atom. The van der Waals surface area contributed by atoms with E-state index in [1.165, 1.54) is 4.90 Å². The van der Waals surface area contributed by atoms with E-state index in [0.29, 0.717) is 37.1 Å². The molecule has 29 heavy (non-hydrogen) atoms. The molecule has 3 saturated heterocycles. The Kier molecular flexibility index (Phi) is 3.38. The Labute approximate surface area is 177 Å². The molecule has 0 aliphatic carbocycles. The molecular weight excluding hydrogens is 368 g/mol. The van der Waals surface area contributed by atoms with Crippen LogP contribution in [0.5, 0.6) is 0 Å². The maximum atomic E-state index is 13.5. The first-order valence-corrected chi connectivity index (χ1v) is 9.99. The number of amides is 1. The van der Waals surface area contributed by atoms with Crippen molar-refractivity contribution >= 4 is 6.09 Å². The molecule has 0 unspecified atom stereocenters. The third-order valence-corrected chi connectivity index (χ3v) is 6.46. The lowest BCUT2D eigenvalue weighted by Gasteiger charge is -2.55. The molecule has 2 bridgehead atoms. The maximum absolute atomic E-state index is 13.5. The first kappa shape index (κ1) is 13.7. The largest absolute Gasteiger partial charge is 0.633 e. The van der Waals surface area contributed by atoms with Crippen LogP contribution in [-0.4, -0.2) is 53.0 Å². The summed E-state index contributed by atoms with van der Waals surface area (Å²) < 4.78 is 46.5. The van der Waals surface area contributed by atoms with E-state index in [-0.39, 0.29) is 29.2 Å². The fraction of sp³-hybridized carbons (Fsp3) is 0.435. The molecule has 152 valence electrons. The summed E-state index contributed by atoms with van der Waals surface area (Å²) in [5.74, 6) is 0.0964. The van der Waals surface area contributed by atoms with E-state index in [2.05, 4.69) is 0 Å². The van der Waals surface area contributed by atoms with Crippen molar-refractivity contribution in [1.29, 1.82) is 0 Å². The molecule has 3 fully saturated rings. The smallest absolute Gasteiger partial charge is 0.411 e. The Bertz CT molecular complexity index is 1130. The minimum atomic E-state index is -1.04. The zero-order valence-corrected chi connectivity index (χ0v) is 15.9. The predicted molar refractivity (Wildman–Crippen MR) is 108 cm³/mol. The number of aliphatic hydroxyl groups is 1. The number of nitrogens with zero attached hydrogens (tertiary/aromatic N) is 2. The van der Waals surface area contributed by atoms with Gasteiger partial charge in [-0.05, 0) is 16.7 Å². The zero-order valence-electron chi connectivity index (χ0n) is 20.9. The Morgan fingerprint density at radius 1 is 1.17 bits per heavy atom. The standard InChI is InChI=1S/C23H26N2O4/c26-20-14-24(23(27)29-21-15-25(28)12-10-16(21)11-13-25)22(17-6-2-1-3-7-17)19-9-5-4-8-18(19)20/h1-9,16,20-22,26H,10-15H2/t16?,20-,21-,22-,25?/m0/s1/i1D,2D,3D,6D,7D. The quantitative estimate of drug-likeness (QED) is 0.621. The van der Waals surface area contributed by atoms with Gasteiger partial charge in [-0.1, -0.05) is 54.5 Å². The molecule has 6 nitrogen and oxygen atoms in total. The van der Waals surface area contributed by atoms with Gasteiger partial charge in [-0.15, -0.1) is 0 Å². The molecule has 0 aromatic heterocycles. The summed E-state index contributed by atoms with van der Waals surface area (Å²) in [5.41, 5.74) is 0.941. The van der Waals surface area contributed by atoms with E-state index in [4.69, 9.17) is 11.6 Å². The van der Waals surface area contributed by atoms with Crippen LogP contribution in [0.1, 0.15) is 48.5 Å². The van der Waals surface area contributed by atoms with Crippen LogP contribution < -0.4 is 0 Å². The number of rotatable bonds is 2. The minimum Gasteiger partial charge on any atom is -0.633 e. The molecule has 6 heteroatoms. The Hall–Kier alpha value is -2.41. The molecule has 1 amide bonds. The Morgan fingerprint density at radius 2 is 1.86 bits per heavy atom. The van der Waals surface area contributed by atoms with Gasteiger partial charge in [0.05, 0.1) is 38.6 Å². The number of aliphatic hydroxyl groups excluding tert-OH is 1. The van der Waals surface area contributed by atoms with Crippen molar-refractivity contribution in [2.75, 3.05) is 26.2 Å². The van der Waals surface area contributed by atoms with Gasteiger partial charge in [0.2, 0.25) is 0 Å². The van der Waals surface area contributed by atoms with Crippen LogP contribution in [0.2, 0.25) is 0 Å². The lowest BCUT2D eigenvalue weighted by atomic mass is 9.85. The predicted octanol–water partition coefficient (Wildman–Crippen LogP) is 3.37. The highest BCUT2D eigenvalue weighted by Crippen LogP contribution is 2.40. The van der Waals surface area contributed by atoms with Crippen molar-refractivity contribution in [2.45, 2.75) is 31.1 Å². The van der Waals surface area contributed by atoms with Gasteiger partial charge in [0.1, 0.15) is 6.54 Å². The van der Waals surface area contributed by atoms with E-state index >= 15 is 0 Å². The van der Waals surface area contributed by atoms with Gasteiger partial charge in [0.15, 0.2) is 6.10 Å². The van der Waals surface area contributed by atoms with Gasteiger partial charge in [-0.3, -0.25) is 4.90 Å². The van der Waals surface area contributed by atoms with Crippen LogP contribution in [0, 0.1) is 11.1 Å². The summed E-state index contributed by atoms with van der Waals surface area (Å²) in [6.07, 6.45) is -0.994. The second-order valence-corrected chi connectivity index (χ2v) is 8.19. The number of benzene rings is 2. The number of ether oxygens (including phenoxy) is 1. The third kappa shape index (κ3) is 3.31. The second kappa shape index (κ2) is 7.13. The number of hydrogen-bond donors (Lipinski definition) is 1. The number of β-amino-alcohol motifs (C(OH)–C–C–N with tert-alkyl or cyclic N) is 1. The minimum absolute atomic E-state index is 0.0523. The maximum Gasteiger partial charge on any atom is 0.411 e. The average molecular weight is 400 g/mol. The van der Waals surface area contributed by atoms with Crippen LogP contribution in [0.4, 0.5) is 4.79 Å². The van der Waals surface area contributed by atoms with Crippen molar-refractivity contribution in [3.63, 3.8) is 0 Å². The highest BCUT2D eigenvalue weighted by atomic mass is 16.6. The fourth-order valence-electron chi connectivity index (χ4n) is 4.93. The van der Waals surface area contributed by atoms with Gasteiger partial charge in [0, 0.05) is 18.8 Å². The van der Waals surface area contributed by atoms with E-state index in [1.54, 1.807) is 24.3 Å². The second-order valence-electron chi connectivity index (χ2n) is 8.19. The molecule has 1 N–H and O–H groups in total. The van der Waals surface area contributed by atoms with Crippen molar-refractivity contribution in [3.05, 3.63) is 76.4 Å². The number of piperidine rings is 3. The summed E-state index contributed by atoms with van der Waals surface area (Å²) in [6.45, 7) is 1.04. The first-order chi connectivity index (χ1) is 16.1. The van der Waals surface area contributed by atoms with Crippen LogP contribution >= 0.6 is 0 Å². The monoisotopic (exact) mass is 399 g/mol.